The average molecular weight is 525 g/mol. The second-order valence-electron chi connectivity index (χ2n) is 9.15. The van der Waals surface area contributed by atoms with Crippen molar-refractivity contribution >= 4 is 29.1 Å². The third-order valence-electron chi connectivity index (χ3n) is 6.27. The molecule has 0 saturated heterocycles. The smallest absolute Gasteiger partial charge is 0.325 e. The first-order chi connectivity index (χ1) is 18.8. The van der Waals surface area contributed by atoms with Crippen LogP contribution in [0.1, 0.15) is 18.1 Å². The molecule has 0 aliphatic rings. The highest BCUT2D eigenvalue weighted by Crippen LogP contribution is 2.20. The fraction of sp³-hybridized carbons (Fsp3) is 0.194. The highest BCUT2D eigenvalue weighted by molar-refractivity contribution is 6.00. The number of nitrogens with zero attached hydrogens (tertiary/aromatic N) is 2. The Morgan fingerprint density at radius 2 is 1.62 bits per heavy atom. The summed E-state index contributed by atoms with van der Waals surface area (Å²) in [4.78, 5) is 39.2. The number of hydrogen-bond acceptors (Lipinski definition) is 5. The van der Waals surface area contributed by atoms with Gasteiger partial charge in [0.05, 0.1) is 13.2 Å². The molecule has 0 bridgehead atoms. The number of hydrogen-bond donors (Lipinski definition) is 2. The van der Waals surface area contributed by atoms with Crippen molar-refractivity contribution in [3.05, 3.63) is 113 Å². The van der Waals surface area contributed by atoms with Gasteiger partial charge < -0.3 is 24.8 Å². The lowest BCUT2D eigenvalue weighted by Crippen LogP contribution is -2.27. The van der Waals surface area contributed by atoms with Gasteiger partial charge in [0.1, 0.15) is 6.54 Å². The zero-order chi connectivity index (χ0) is 27.8. The molecule has 3 aromatic carbocycles. The fourth-order valence-electron chi connectivity index (χ4n) is 4.16. The molecule has 0 unspecified atom stereocenters. The number of amides is 2. The van der Waals surface area contributed by atoms with Crippen LogP contribution in [0, 0.1) is 6.92 Å². The maximum atomic E-state index is 13.3. The van der Waals surface area contributed by atoms with E-state index in [4.69, 9.17) is 4.74 Å². The zero-order valence-corrected chi connectivity index (χ0v) is 22.3. The van der Waals surface area contributed by atoms with E-state index in [-0.39, 0.29) is 24.1 Å². The Balaban J connectivity index is 1.41. The molecule has 2 amide bonds. The van der Waals surface area contributed by atoms with Crippen molar-refractivity contribution in [2.75, 3.05) is 35.7 Å². The van der Waals surface area contributed by atoms with Crippen molar-refractivity contribution in [3.63, 3.8) is 0 Å². The number of carbonyl (C=O) groups is 2. The second kappa shape index (κ2) is 12.6. The third kappa shape index (κ3) is 7.13. The van der Waals surface area contributed by atoms with Gasteiger partial charge in [0.15, 0.2) is 0 Å². The summed E-state index contributed by atoms with van der Waals surface area (Å²) in [5.41, 5.74) is 5.40. The van der Waals surface area contributed by atoms with Crippen LogP contribution in [0.4, 0.5) is 21.9 Å². The van der Waals surface area contributed by atoms with Crippen molar-refractivity contribution in [3.8, 4) is 11.1 Å². The normalized spacial score (nSPS) is 10.5. The van der Waals surface area contributed by atoms with E-state index in [1.807, 2.05) is 85.6 Å². The summed E-state index contributed by atoms with van der Waals surface area (Å²) in [5, 5.41) is 5.66. The van der Waals surface area contributed by atoms with Gasteiger partial charge in [0, 0.05) is 35.9 Å². The Morgan fingerprint density at radius 3 is 2.31 bits per heavy atom. The number of likely N-dealkylation sites (N-methyl/N-ethyl adjacent to an activating group) is 1. The number of aryl methyl sites for hydroxylation is 1. The number of benzene rings is 3. The first-order valence-electron chi connectivity index (χ1n) is 12.7. The van der Waals surface area contributed by atoms with Crippen molar-refractivity contribution in [2.45, 2.75) is 20.4 Å². The fourth-order valence-corrected chi connectivity index (χ4v) is 4.16. The van der Waals surface area contributed by atoms with Gasteiger partial charge in [-0.1, -0.05) is 42.5 Å². The van der Waals surface area contributed by atoms with Gasteiger partial charge in [0.25, 0.3) is 5.56 Å². The van der Waals surface area contributed by atoms with E-state index in [1.165, 1.54) is 0 Å². The number of urea groups is 1. The first kappa shape index (κ1) is 27.2. The van der Waals surface area contributed by atoms with E-state index >= 15 is 0 Å². The predicted octanol–water partition coefficient (Wildman–Crippen LogP) is 5.52. The van der Waals surface area contributed by atoms with Crippen LogP contribution in [-0.4, -0.2) is 36.8 Å². The first-order valence-corrected chi connectivity index (χ1v) is 12.7. The molecule has 1 aromatic heterocycles. The quantitative estimate of drug-likeness (QED) is 0.282. The summed E-state index contributed by atoms with van der Waals surface area (Å²) in [6.45, 7) is 4.64. The monoisotopic (exact) mass is 524 g/mol. The number of rotatable bonds is 9. The standard InChI is InChI=1S/C31H32N4O4/c1-4-39-29(36)21-34(3)26-17-11-23(12-18-26)20-35-19-7-9-27(30(35)37)24-13-15-25(16-14-24)32-31(38)33-28-10-6-5-8-22(28)2/h5-19H,4,20-21H2,1-3H3,(H2,32,33,38). The molecule has 0 atom stereocenters. The van der Waals surface area contributed by atoms with Crippen LogP contribution in [-0.2, 0) is 16.1 Å². The van der Waals surface area contributed by atoms with Gasteiger partial charge in [-0.05, 0) is 73.0 Å². The van der Waals surface area contributed by atoms with Crippen LogP contribution < -0.4 is 21.1 Å². The van der Waals surface area contributed by atoms with Gasteiger partial charge in [-0.3, -0.25) is 9.59 Å². The SMILES string of the molecule is CCOC(=O)CN(C)c1ccc(Cn2cccc(-c3ccc(NC(=O)Nc4ccccc4C)cc3)c2=O)cc1. The lowest BCUT2D eigenvalue weighted by atomic mass is 10.1. The molecule has 8 nitrogen and oxygen atoms in total. The maximum Gasteiger partial charge on any atom is 0.325 e. The number of ether oxygens (including phenoxy) is 1. The van der Waals surface area contributed by atoms with Gasteiger partial charge in [-0.15, -0.1) is 0 Å². The Hall–Kier alpha value is -4.85. The Bertz CT molecular complexity index is 1490. The molecule has 0 radical (unpaired) electrons. The molecule has 1 heterocycles. The van der Waals surface area contributed by atoms with E-state index < -0.39 is 0 Å². The Labute approximate surface area is 227 Å². The second-order valence-corrected chi connectivity index (χ2v) is 9.15. The molecular formula is C31H32N4O4. The van der Waals surface area contributed by atoms with Crippen molar-refractivity contribution in [1.29, 1.82) is 0 Å². The Morgan fingerprint density at radius 1 is 0.897 bits per heavy atom. The van der Waals surface area contributed by atoms with Gasteiger partial charge >= 0.3 is 12.0 Å². The minimum Gasteiger partial charge on any atom is -0.465 e. The molecule has 39 heavy (non-hydrogen) atoms. The van der Waals surface area contributed by atoms with Crippen LogP contribution in [0.2, 0.25) is 0 Å². The molecule has 0 spiro atoms. The summed E-state index contributed by atoms with van der Waals surface area (Å²) >= 11 is 0. The lowest BCUT2D eigenvalue weighted by molar-refractivity contribution is -0.141. The molecule has 4 rings (SSSR count). The van der Waals surface area contributed by atoms with E-state index in [9.17, 15) is 14.4 Å². The summed E-state index contributed by atoms with van der Waals surface area (Å²) in [6, 6.07) is 25.8. The van der Waals surface area contributed by atoms with E-state index in [0.29, 0.717) is 24.4 Å². The van der Waals surface area contributed by atoms with E-state index in [0.717, 1.165) is 28.1 Å². The van der Waals surface area contributed by atoms with E-state index in [2.05, 4.69) is 10.6 Å². The minimum atomic E-state index is -0.336. The summed E-state index contributed by atoms with van der Waals surface area (Å²) in [5.74, 6) is -0.276. The molecule has 4 aromatic rings. The van der Waals surface area contributed by atoms with Crippen LogP contribution in [0.5, 0.6) is 0 Å². The molecule has 2 N–H and O–H groups in total. The minimum absolute atomic E-state index is 0.112. The molecule has 8 heteroatoms. The van der Waals surface area contributed by atoms with Gasteiger partial charge in [-0.25, -0.2) is 4.79 Å². The number of nitrogens with one attached hydrogen (secondary N) is 2. The Kier molecular flexibility index (Phi) is 8.78. The highest BCUT2D eigenvalue weighted by atomic mass is 16.5. The van der Waals surface area contributed by atoms with Gasteiger partial charge in [-0.2, -0.15) is 0 Å². The molecule has 0 fully saturated rings. The predicted molar refractivity (Wildman–Crippen MR) is 155 cm³/mol. The zero-order valence-electron chi connectivity index (χ0n) is 22.3. The lowest BCUT2D eigenvalue weighted by Gasteiger charge is -2.18. The maximum absolute atomic E-state index is 13.3. The number of anilines is 3. The van der Waals surface area contributed by atoms with Crippen LogP contribution in [0.3, 0.4) is 0 Å². The van der Waals surface area contributed by atoms with Crippen LogP contribution in [0.25, 0.3) is 11.1 Å². The topological polar surface area (TPSA) is 92.7 Å². The summed E-state index contributed by atoms with van der Waals surface area (Å²) in [7, 11) is 1.83. The van der Waals surface area contributed by atoms with E-state index in [1.54, 1.807) is 35.9 Å². The highest BCUT2D eigenvalue weighted by Gasteiger charge is 2.10. The molecule has 0 saturated carbocycles. The summed E-state index contributed by atoms with van der Waals surface area (Å²) < 4.78 is 6.67. The number of carbonyl (C=O) groups excluding carboxylic acids is 2. The number of para-hydroxylation sites is 1. The number of pyridine rings is 1. The largest absolute Gasteiger partial charge is 0.465 e. The van der Waals surface area contributed by atoms with Crippen LogP contribution in [0.15, 0.2) is 95.9 Å². The average Bonchev–Trinajstić information content (AvgIpc) is 2.92. The molecule has 0 aliphatic heterocycles. The van der Waals surface area contributed by atoms with Crippen molar-refractivity contribution in [1.82, 2.24) is 4.57 Å². The molecule has 200 valence electrons. The number of aromatic nitrogens is 1. The van der Waals surface area contributed by atoms with Crippen molar-refractivity contribution < 1.29 is 14.3 Å². The third-order valence-corrected chi connectivity index (χ3v) is 6.27. The number of esters is 1. The molecular weight excluding hydrogens is 492 g/mol. The molecule has 0 aliphatic carbocycles. The van der Waals surface area contributed by atoms with Gasteiger partial charge in [0.2, 0.25) is 0 Å². The van der Waals surface area contributed by atoms with Crippen molar-refractivity contribution in [2.24, 2.45) is 0 Å². The summed E-state index contributed by atoms with van der Waals surface area (Å²) in [6.07, 6.45) is 1.76. The van der Waals surface area contributed by atoms with Crippen LogP contribution >= 0.6 is 0 Å².